The standard InChI is InChI=1S/C23H33ClN6.HI/c1-3-25-23(30-12-9-19(17-30)20-14-27-28(2)16-20)26-15-22(29-10-4-5-11-29)18-7-6-8-21(24)13-18;/h6-8,13-14,16,19,22H,3-5,9-12,15,17H2,1-2H3,(H,25,26);1H. The van der Waals surface area contributed by atoms with E-state index in [2.05, 4.69) is 51.5 Å². The van der Waals surface area contributed by atoms with Gasteiger partial charge in [0.05, 0.1) is 18.8 Å². The van der Waals surface area contributed by atoms with Gasteiger partial charge in [0.2, 0.25) is 0 Å². The lowest BCUT2D eigenvalue weighted by Crippen LogP contribution is -2.40. The first-order valence-electron chi connectivity index (χ1n) is 11.2. The zero-order valence-corrected chi connectivity index (χ0v) is 21.6. The fourth-order valence-corrected chi connectivity index (χ4v) is 4.87. The molecule has 31 heavy (non-hydrogen) atoms. The summed E-state index contributed by atoms with van der Waals surface area (Å²) in [6.45, 7) is 8.04. The molecule has 170 valence electrons. The molecule has 2 aliphatic rings. The first-order valence-corrected chi connectivity index (χ1v) is 11.5. The van der Waals surface area contributed by atoms with Crippen molar-refractivity contribution in [2.75, 3.05) is 39.3 Å². The Balaban J connectivity index is 0.00000272. The molecule has 0 amide bonds. The van der Waals surface area contributed by atoms with Crippen molar-refractivity contribution in [1.29, 1.82) is 0 Å². The van der Waals surface area contributed by atoms with Crippen LogP contribution in [0.25, 0.3) is 0 Å². The van der Waals surface area contributed by atoms with E-state index in [1.165, 1.54) is 24.0 Å². The number of rotatable bonds is 6. The number of benzene rings is 1. The molecule has 2 aromatic rings. The van der Waals surface area contributed by atoms with Crippen molar-refractivity contribution in [2.45, 2.75) is 38.1 Å². The monoisotopic (exact) mass is 556 g/mol. The molecule has 8 heteroatoms. The van der Waals surface area contributed by atoms with E-state index in [0.29, 0.717) is 5.92 Å². The molecule has 0 spiro atoms. The highest BCUT2D eigenvalue weighted by molar-refractivity contribution is 14.0. The predicted molar refractivity (Wildman–Crippen MR) is 139 cm³/mol. The number of hydrogen-bond donors (Lipinski definition) is 1. The maximum absolute atomic E-state index is 6.31. The molecule has 0 saturated carbocycles. The van der Waals surface area contributed by atoms with E-state index in [4.69, 9.17) is 16.6 Å². The van der Waals surface area contributed by atoms with Crippen LogP contribution in [0.5, 0.6) is 0 Å². The minimum absolute atomic E-state index is 0. The molecule has 0 radical (unpaired) electrons. The van der Waals surface area contributed by atoms with Crippen LogP contribution in [0.4, 0.5) is 0 Å². The van der Waals surface area contributed by atoms with Gasteiger partial charge in [-0.1, -0.05) is 23.7 Å². The van der Waals surface area contributed by atoms with E-state index in [0.717, 1.165) is 56.7 Å². The lowest BCUT2D eigenvalue weighted by atomic mass is 10.0. The van der Waals surface area contributed by atoms with E-state index >= 15 is 0 Å². The Kier molecular flexibility index (Phi) is 9.04. The Morgan fingerprint density at radius 2 is 2.10 bits per heavy atom. The lowest BCUT2D eigenvalue weighted by molar-refractivity contribution is 0.251. The van der Waals surface area contributed by atoms with Gasteiger partial charge in [-0.2, -0.15) is 5.10 Å². The molecule has 6 nitrogen and oxygen atoms in total. The van der Waals surface area contributed by atoms with E-state index in [1.54, 1.807) is 0 Å². The predicted octanol–water partition coefficient (Wildman–Crippen LogP) is 4.28. The van der Waals surface area contributed by atoms with Crippen LogP contribution in [-0.2, 0) is 7.05 Å². The molecule has 4 rings (SSSR count). The van der Waals surface area contributed by atoms with Gasteiger partial charge < -0.3 is 10.2 Å². The van der Waals surface area contributed by atoms with Crippen molar-refractivity contribution < 1.29 is 0 Å². The van der Waals surface area contributed by atoms with Crippen LogP contribution in [0.2, 0.25) is 5.02 Å². The zero-order valence-electron chi connectivity index (χ0n) is 18.5. The molecule has 1 aromatic heterocycles. The van der Waals surface area contributed by atoms with Crippen molar-refractivity contribution >= 4 is 41.5 Å². The Morgan fingerprint density at radius 3 is 2.77 bits per heavy atom. The number of aryl methyl sites for hydroxylation is 1. The summed E-state index contributed by atoms with van der Waals surface area (Å²) in [6, 6.07) is 8.56. The number of likely N-dealkylation sites (tertiary alicyclic amines) is 2. The highest BCUT2D eigenvalue weighted by atomic mass is 127. The van der Waals surface area contributed by atoms with Crippen molar-refractivity contribution in [1.82, 2.24) is 24.9 Å². The molecular weight excluding hydrogens is 523 g/mol. The zero-order chi connectivity index (χ0) is 20.9. The second kappa shape index (κ2) is 11.5. The van der Waals surface area contributed by atoms with Crippen molar-refractivity contribution in [3.63, 3.8) is 0 Å². The van der Waals surface area contributed by atoms with E-state index in [9.17, 15) is 0 Å². The molecular formula is C23H34ClIN6. The maximum Gasteiger partial charge on any atom is 0.194 e. The second-order valence-electron chi connectivity index (χ2n) is 8.39. The van der Waals surface area contributed by atoms with Gasteiger partial charge in [-0.25, -0.2) is 0 Å². The van der Waals surface area contributed by atoms with Crippen LogP contribution >= 0.6 is 35.6 Å². The Bertz CT molecular complexity index is 863. The summed E-state index contributed by atoms with van der Waals surface area (Å²) in [5, 5.41) is 8.67. The molecule has 2 fully saturated rings. The van der Waals surface area contributed by atoms with Crippen LogP contribution < -0.4 is 5.32 Å². The largest absolute Gasteiger partial charge is 0.357 e. The van der Waals surface area contributed by atoms with Crippen molar-refractivity contribution in [2.24, 2.45) is 12.0 Å². The SMILES string of the molecule is CCNC(=NCC(c1cccc(Cl)c1)N1CCCC1)N1CCC(c2cnn(C)c2)C1.I. The number of guanidine groups is 1. The van der Waals surface area contributed by atoms with Gasteiger partial charge in [-0.05, 0) is 62.5 Å². The average molecular weight is 557 g/mol. The third-order valence-corrected chi connectivity index (χ3v) is 6.48. The molecule has 0 aliphatic carbocycles. The number of nitrogens with zero attached hydrogens (tertiary/aromatic N) is 5. The topological polar surface area (TPSA) is 48.7 Å². The average Bonchev–Trinajstić information content (AvgIpc) is 3.49. The van der Waals surface area contributed by atoms with Gasteiger partial charge >= 0.3 is 0 Å². The summed E-state index contributed by atoms with van der Waals surface area (Å²) < 4.78 is 1.89. The third-order valence-electron chi connectivity index (χ3n) is 6.25. The first kappa shape index (κ1) is 24.3. The van der Waals surface area contributed by atoms with Crippen LogP contribution in [0.15, 0.2) is 41.7 Å². The summed E-state index contributed by atoms with van der Waals surface area (Å²) in [7, 11) is 1.98. The number of nitrogens with one attached hydrogen (secondary N) is 1. The normalized spacial score (nSPS) is 20.7. The fraction of sp³-hybridized carbons (Fsp3) is 0.565. The van der Waals surface area contributed by atoms with Crippen molar-refractivity contribution in [3.05, 3.63) is 52.8 Å². The molecule has 2 aliphatic heterocycles. The molecule has 2 unspecified atom stereocenters. The summed E-state index contributed by atoms with van der Waals surface area (Å²) >= 11 is 6.31. The highest BCUT2D eigenvalue weighted by Gasteiger charge is 2.28. The minimum Gasteiger partial charge on any atom is -0.357 e. The number of hydrogen-bond acceptors (Lipinski definition) is 3. The van der Waals surface area contributed by atoms with E-state index < -0.39 is 0 Å². The number of aliphatic imine (C=N–C) groups is 1. The van der Waals surface area contributed by atoms with Gasteiger partial charge in [-0.15, -0.1) is 24.0 Å². The van der Waals surface area contributed by atoms with Crippen LogP contribution in [0.1, 0.15) is 49.3 Å². The second-order valence-corrected chi connectivity index (χ2v) is 8.82. The summed E-state index contributed by atoms with van der Waals surface area (Å²) in [5.74, 6) is 1.54. The quantitative estimate of drug-likeness (QED) is 0.328. The Morgan fingerprint density at radius 1 is 1.29 bits per heavy atom. The number of halogens is 2. The first-order chi connectivity index (χ1) is 14.6. The van der Waals surface area contributed by atoms with Gasteiger partial charge in [-0.3, -0.25) is 14.6 Å². The van der Waals surface area contributed by atoms with Crippen LogP contribution in [0, 0.1) is 0 Å². The fourth-order valence-electron chi connectivity index (χ4n) is 4.67. The van der Waals surface area contributed by atoms with Gasteiger partial charge in [0, 0.05) is 43.8 Å². The van der Waals surface area contributed by atoms with Gasteiger partial charge in [0.1, 0.15) is 0 Å². The Hall–Kier alpha value is -1.32. The molecule has 1 aromatic carbocycles. The summed E-state index contributed by atoms with van der Waals surface area (Å²) in [6.07, 6.45) is 7.81. The highest BCUT2D eigenvalue weighted by Crippen LogP contribution is 2.29. The molecule has 2 saturated heterocycles. The Labute approximate surface area is 208 Å². The van der Waals surface area contributed by atoms with Crippen LogP contribution in [-0.4, -0.2) is 64.8 Å². The molecule has 0 bridgehead atoms. The molecule has 1 N–H and O–H groups in total. The molecule has 3 heterocycles. The summed E-state index contributed by atoms with van der Waals surface area (Å²) in [5.41, 5.74) is 2.59. The minimum atomic E-state index is 0. The van der Waals surface area contributed by atoms with Crippen LogP contribution in [0.3, 0.4) is 0 Å². The van der Waals surface area contributed by atoms with E-state index in [1.807, 2.05) is 24.0 Å². The van der Waals surface area contributed by atoms with Gasteiger partial charge in [0.15, 0.2) is 5.96 Å². The smallest absolute Gasteiger partial charge is 0.194 e. The van der Waals surface area contributed by atoms with Crippen molar-refractivity contribution in [3.8, 4) is 0 Å². The maximum atomic E-state index is 6.31. The number of aromatic nitrogens is 2. The van der Waals surface area contributed by atoms with Gasteiger partial charge in [0.25, 0.3) is 0 Å². The third kappa shape index (κ3) is 6.14. The summed E-state index contributed by atoms with van der Waals surface area (Å²) in [4.78, 5) is 10.1. The molecule has 2 atom stereocenters. The lowest BCUT2D eigenvalue weighted by Gasteiger charge is -2.28. The van der Waals surface area contributed by atoms with E-state index in [-0.39, 0.29) is 30.0 Å².